The maximum Gasteiger partial charge on any atom is 0.337 e. The predicted octanol–water partition coefficient (Wildman–Crippen LogP) is 18.7. The molecule has 3 aromatic heterocycles. The molecule has 4 amide bonds. The van der Waals surface area contributed by atoms with Gasteiger partial charge in [0.25, 0.3) is 0 Å². The number of ketones is 3. The van der Waals surface area contributed by atoms with Crippen molar-refractivity contribution in [2.75, 3.05) is 123 Å². The Kier molecular flexibility index (Phi) is 40.0. The topological polar surface area (TPSA) is 401 Å². The molecular formula is C102H101Cl3F3IN8O23. The van der Waals surface area contributed by atoms with Gasteiger partial charge in [0, 0.05) is 105 Å². The standard InChI is InChI=1S/C27H26ClFN2O5.C27H24ClFN2O5.C14H14ClFN2O2.C13H15NO4.C12H13NO4.C9H9IO3/c2*1-35-24-12-8-20(30-27(24)17-5-7-19(29)18(28)14-17)23(33)11-10-22(32)16-6-9-21(25(15-16)36-2)31-13-3-4-26(31)34;1-20-13-5-4-11(12(19)7-17)18-14(13)8-2-3-10(16)9(15)6-8;1-17-11-8-9(13(16)18-2)5-6-10(11)14-7-3-4-12(14)15;1-17-10-7-8(12(15)16)4-5-9(10)13-6-2-3-11(13)14;1-12-8-5-6(9(11)13-2)3-4-7(8)10/h5-9,12,14-15,23,33H,3-4,10-11,13H2,1-2H3;5-9,12,14-15H,3-4,10-11,13H2,1-2H3;2-6,12,19H,7,17H2,1H3;5-6,8H,3-4,7H2,1-2H3;4-5,7H,2-3,6H2,1H3,(H,15,16);3-5H,1-2H3. The molecule has 11 aromatic rings. The van der Waals surface area contributed by atoms with Crippen LogP contribution >= 0.6 is 57.4 Å². The van der Waals surface area contributed by atoms with E-state index >= 15 is 0 Å². The van der Waals surface area contributed by atoms with Gasteiger partial charge in [-0.1, -0.05) is 34.8 Å². The summed E-state index contributed by atoms with van der Waals surface area (Å²) in [7, 11) is 14.7. The van der Waals surface area contributed by atoms with Crippen molar-refractivity contribution in [2.24, 2.45) is 5.73 Å². The van der Waals surface area contributed by atoms with Crippen molar-refractivity contribution >= 4 is 139 Å². The lowest BCUT2D eigenvalue weighted by atomic mass is 10.0. The minimum atomic E-state index is -1.02. The maximum atomic E-state index is 13.6. The molecule has 2 atom stereocenters. The van der Waals surface area contributed by atoms with E-state index < -0.39 is 41.6 Å². The van der Waals surface area contributed by atoms with Crippen LogP contribution in [0.15, 0.2) is 182 Å². The Morgan fingerprint density at radius 1 is 0.371 bits per heavy atom. The Labute approximate surface area is 833 Å². The Morgan fingerprint density at radius 3 is 1.01 bits per heavy atom. The maximum absolute atomic E-state index is 13.6. The summed E-state index contributed by atoms with van der Waals surface area (Å²) in [5, 5.41) is 29.3. The fourth-order valence-electron chi connectivity index (χ4n) is 15.0. The van der Waals surface area contributed by atoms with Crippen molar-refractivity contribution in [3.05, 3.63) is 263 Å². The number of aliphatic hydroxyl groups excluding tert-OH is 2. The number of carbonyl (C=O) groups is 10. The number of Topliss-reactive ketones (excluding diaryl/α,β-unsaturated/α-hetero) is 3. The normalized spacial score (nSPS) is 13.4. The monoisotopic (exact) mass is 2090 g/mol. The molecule has 31 nitrogen and oxygen atoms in total. The molecule has 2 unspecified atom stereocenters. The van der Waals surface area contributed by atoms with Crippen LogP contribution in [0.3, 0.4) is 0 Å². The molecule has 4 fully saturated rings. The van der Waals surface area contributed by atoms with Crippen LogP contribution in [0.25, 0.3) is 33.8 Å². The molecule has 0 spiro atoms. The van der Waals surface area contributed by atoms with Crippen LogP contribution in [0.1, 0.15) is 163 Å². The van der Waals surface area contributed by atoms with E-state index in [9.17, 15) is 71.3 Å². The third-order valence-corrected chi connectivity index (χ3v) is 24.1. The number of benzene rings is 8. The number of anilines is 4. The highest BCUT2D eigenvalue weighted by atomic mass is 127. The van der Waals surface area contributed by atoms with Gasteiger partial charge in [-0.15, -0.1) is 0 Å². The molecule has 0 saturated carbocycles. The number of carboxylic acid groups (broad SMARTS) is 1. The van der Waals surface area contributed by atoms with E-state index in [1.54, 1.807) is 136 Å². The number of ether oxygens (including phenoxy) is 10. The lowest BCUT2D eigenvalue weighted by Crippen LogP contribution is -2.24. The summed E-state index contributed by atoms with van der Waals surface area (Å²) in [4.78, 5) is 139. The molecule has 4 aliphatic rings. The fourth-order valence-corrected chi connectivity index (χ4v) is 16.1. The minimum Gasteiger partial charge on any atom is -0.496 e. The van der Waals surface area contributed by atoms with Gasteiger partial charge in [0.1, 0.15) is 92.3 Å². The zero-order valence-corrected chi connectivity index (χ0v) is 82.3. The van der Waals surface area contributed by atoms with Gasteiger partial charge in [0.2, 0.25) is 23.6 Å². The van der Waals surface area contributed by atoms with Gasteiger partial charge in [-0.2, -0.15) is 0 Å². The number of aromatic nitrogens is 3. The van der Waals surface area contributed by atoms with E-state index in [1.165, 1.54) is 131 Å². The summed E-state index contributed by atoms with van der Waals surface area (Å²) >= 11 is 19.7. The highest BCUT2D eigenvalue weighted by molar-refractivity contribution is 14.1. The van der Waals surface area contributed by atoms with Gasteiger partial charge >= 0.3 is 17.9 Å². The number of aromatic carboxylic acids is 1. The Balaban J connectivity index is 0.000000180. The second kappa shape index (κ2) is 51.7. The quantitative estimate of drug-likeness (QED) is 0.0184. The average molecular weight is 2100 g/mol. The molecule has 15 rings (SSSR count). The summed E-state index contributed by atoms with van der Waals surface area (Å²) in [6.07, 6.45) is 3.54. The summed E-state index contributed by atoms with van der Waals surface area (Å²) in [5.41, 5.74) is 13.7. The van der Waals surface area contributed by atoms with E-state index in [0.29, 0.717) is 188 Å². The first-order valence-corrected chi connectivity index (χ1v) is 45.7. The Hall–Kier alpha value is -13.8. The summed E-state index contributed by atoms with van der Waals surface area (Å²) < 4.78 is 92.8. The highest BCUT2D eigenvalue weighted by Crippen LogP contribution is 2.41. The van der Waals surface area contributed by atoms with Gasteiger partial charge in [-0.05, 0) is 237 Å². The highest BCUT2D eigenvalue weighted by Gasteiger charge is 2.31. The van der Waals surface area contributed by atoms with Gasteiger partial charge in [-0.25, -0.2) is 42.5 Å². The largest absolute Gasteiger partial charge is 0.496 e. The van der Waals surface area contributed by atoms with Crippen LogP contribution in [0.5, 0.6) is 46.0 Å². The second-order valence-electron chi connectivity index (χ2n) is 31.1. The average Bonchev–Trinajstić information content (AvgIpc) is 1.43. The number of nitrogens with two attached hydrogens (primary N) is 1. The molecule has 4 saturated heterocycles. The SMILES string of the molecule is COC(=O)c1ccc(I)c(OC)c1.COC(=O)c1ccc(N2CCCC2=O)c(OC)c1.COc1cc(C(=O)CCC(=O)c2ccc(OC)c(-c3ccc(F)c(Cl)c3)n2)ccc1N1CCCC1=O.COc1cc(C(=O)CCC(O)c2ccc(OC)c(-c3ccc(F)c(Cl)c3)n2)ccc1N1CCCC1=O.COc1cc(C(=O)O)ccc1N1CCCC1=O.COc1ccc(C(O)CN)nc1-c1ccc(F)c(Cl)c1. The van der Waals surface area contributed by atoms with Crippen LogP contribution in [-0.4, -0.2) is 193 Å². The van der Waals surface area contributed by atoms with E-state index in [0.717, 1.165) is 29.3 Å². The number of halogens is 7. The third-order valence-electron chi connectivity index (χ3n) is 22.3. The number of carboxylic acids is 1. The van der Waals surface area contributed by atoms with Crippen molar-refractivity contribution < 1.29 is 124 Å². The number of hydrogen-bond donors (Lipinski definition) is 4. The number of rotatable bonds is 30. The molecule has 7 heterocycles. The van der Waals surface area contributed by atoms with E-state index in [-0.39, 0.29) is 106 Å². The number of aliphatic hydroxyl groups is 2. The fraction of sp³-hybridized carbons (Fsp3) is 0.284. The van der Waals surface area contributed by atoms with Crippen LogP contribution < -0.4 is 63.2 Å². The summed E-state index contributed by atoms with van der Waals surface area (Å²) in [6, 6.07) is 46.9. The molecule has 140 heavy (non-hydrogen) atoms. The lowest BCUT2D eigenvalue weighted by molar-refractivity contribution is -0.117. The minimum absolute atomic E-state index is 0.00358. The molecule has 0 bridgehead atoms. The number of pyridine rings is 3. The van der Waals surface area contributed by atoms with E-state index in [1.807, 2.05) is 6.07 Å². The summed E-state index contributed by atoms with van der Waals surface area (Å²) in [6.45, 7) is 2.63. The lowest BCUT2D eigenvalue weighted by Gasteiger charge is -2.19. The molecule has 0 aliphatic carbocycles. The third kappa shape index (κ3) is 27.6. The first kappa shape index (κ1) is 108. The number of amides is 4. The van der Waals surface area contributed by atoms with E-state index in [4.69, 9.17) is 83.5 Å². The van der Waals surface area contributed by atoms with Gasteiger partial charge in [0.15, 0.2) is 17.3 Å². The van der Waals surface area contributed by atoms with Crippen molar-refractivity contribution in [3.63, 3.8) is 0 Å². The molecular weight excluding hydrogens is 2000 g/mol. The van der Waals surface area contributed by atoms with Crippen molar-refractivity contribution in [1.82, 2.24) is 15.0 Å². The molecule has 5 N–H and O–H groups in total. The molecule has 38 heteroatoms. The predicted molar refractivity (Wildman–Crippen MR) is 528 cm³/mol. The summed E-state index contributed by atoms with van der Waals surface area (Å²) in [5.74, 6) is -0.136. The van der Waals surface area contributed by atoms with Crippen LogP contribution in [-0.2, 0) is 28.7 Å². The number of nitrogens with zero attached hydrogens (tertiary/aromatic N) is 7. The smallest absolute Gasteiger partial charge is 0.337 e. The number of esters is 2. The van der Waals surface area contributed by atoms with Crippen LogP contribution in [0.2, 0.25) is 15.1 Å². The van der Waals surface area contributed by atoms with E-state index in [2.05, 4.69) is 47.0 Å². The molecule has 8 aromatic carbocycles. The van der Waals surface area contributed by atoms with Gasteiger partial charge < -0.3 is 88.0 Å². The number of methoxy groups -OCH3 is 10. The second-order valence-corrected chi connectivity index (χ2v) is 33.4. The zero-order chi connectivity index (χ0) is 102. The van der Waals surface area contributed by atoms with Crippen molar-refractivity contribution in [1.29, 1.82) is 0 Å². The van der Waals surface area contributed by atoms with Crippen LogP contribution in [0.4, 0.5) is 35.9 Å². The number of hydrogen-bond acceptors (Lipinski definition) is 26. The molecule has 0 radical (unpaired) electrons. The molecule has 4 aliphatic heterocycles. The Morgan fingerprint density at radius 2 is 0.679 bits per heavy atom. The first-order chi connectivity index (χ1) is 67.2. The van der Waals surface area contributed by atoms with Crippen molar-refractivity contribution in [3.8, 4) is 79.8 Å². The molecule has 736 valence electrons. The van der Waals surface area contributed by atoms with Crippen LogP contribution in [0, 0.1) is 21.0 Å². The first-order valence-electron chi connectivity index (χ1n) is 43.5. The van der Waals surface area contributed by atoms with Gasteiger partial charge in [0.05, 0.1) is 147 Å². The van der Waals surface area contributed by atoms with Gasteiger partial charge in [-0.3, -0.25) is 33.6 Å². The number of carbonyl (C=O) groups excluding carboxylic acids is 9. The van der Waals surface area contributed by atoms with Crippen molar-refractivity contribution in [2.45, 2.75) is 89.3 Å². The zero-order valence-electron chi connectivity index (χ0n) is 77.9. The Bertz CT molecular complexity index is 6400.